The Kier molecular flexibility index (Phi) is 3.83. The first-order valence-corrected chi connectivity index (χ1v) is 7.44. The van der Waals surface area contributed by atoms with Crippen molar-refractivity contribution < 1.29 is 5.11 Å². The molecule has 0 bridgehead atoms. The molecular weight excluding hydrogens is 270 g/mol. The zero-order valence-corrected chi connectivity index (χ0v) is 12.1. The molecule has 104 valence electrons. The van der Waals surface area contributed by atoms with Gasteiger partial charge in [-0.2, -0.15) is 0 Å². The molecule has 20 heavy (non-hydrogen) atoms. The average molecular weight is 288 g/mol. The van der Waals surface area contributed by atoms with Crippen LogP contribution < -0.4 is 5.32 Å². The molecule has 0 aromatic heterocycles. The van der Waals surface area contributed by atoms with Gasteiger partial charge in [0.15, 0.2) is 0 Å². The first kappa shape index (κ1) is 13.3. The molecule has 0 saturated heterocycles. The molecule has 0 unspecified atom stereocenters. The van der Waals surface area contributed by atoms with Crippen molar-refractivity contribution in [2.24, 2.45) is 0 Å². The molecular formula is C17H18ClNO. The highest BCUT2D eigenvalue weighted by atomic mass is 35.5. The first-order chi connectivity index (χ1) is 9.74. The molecule has 3 heteroatoms. The van der Waals surface area contributed by atoms with Gasteiger partial charge < -0.3 is 10.4 Å². The molecule has 2 aromatic rings. The molecule has 2 nitrogen and oxygen atoms in total. The number of fused-ring (bicyclic) bond motifs is 1. The van der Waals surface area contributed by atoms with Crippen LogP contribution in [0.3, 0.4) is 0 Å². The summed E-state index contributed by atoms with van der Waals surface area (Å²) in [5, 5.41) is 13.9. The van der Waals surface area contributed by atoms with Gasteiger partial charge in [0.1, 0.15) is 5.75 Å². The van der Waals surface area contributed by atoms with Gasteiger partial charge in [-0.25, -0.2) is 0 Å². The van der Waals surface area contributed by atoms with E-state index in [2.05, 4.69) is 23.5 Å². The summed E-state index contributed by atoms with van der Waals surface area (Å²) in [6.45, 7) is 0.586. The van der Waals surface area contributed by atoms with Gasteiger partial charge in [0.25, 0.3) is 0 Å². The van der Waals surface area contributed by atoms with Gasteiger partial charge in [0.05, 0.1) is 0 Å². The van der Waals surface area contributed by atoms with Crippen molar-refractivity contribution in [3.8, 4) is 5.75 Å². The quantitative estimate of drug-likeness (QED) is 0.869. The maximum absolute atomic E-state index is 9.85. The summed E-state index contributed by atoms with van der Waals surface area (Å²) in [5.41, 5.74) is 4.89. The van der Waals surface area contributed by atoms with E-state index in [4.69, 9.17) is 11.6 Å². The molecule has 2 aromatic carbocycles. The van der Waals surface area contributed by atoms with Crippen molar-refractivity contribution >= 4 is 17.3 Å². The summed E-state index contributed by atoms with van der Waals surface area (Å²) in [7, 11) is 0. The molecule has 1 aliphatic carbocycles. The molecule has 0 atom stereocenters. The molecule has 3 rings (SSSR count). The highest BCUT2D eigenvalue weighted by Crippen LogP contribution is 2.29. The molecule has 2 N–H and O–H groups in total. The fourth-order valence-electron chi connectivity index (χ4n) is 2.83. The molecule has 0 aliphatic heterocycles. The van der Waals surface area contributed by atoms with E-state index in [-0.39, 0.29) is 5.75 Å². The van der Waals surface area contributed by atoms with E-state index in [0.29, 0.717) is 11.6 Å². The van der Waals surface area contributed by atoms with E-state index in [9.17, 15) is 5.11 Å². The predicted molar refractivity (Wildman–Crippen MR) is 83.5 cm³/mol. The number of halogens is 1. The summed E-state index contributed by atoms with van der Waals surface area (Å²) in [5.74, 6) is 0.284. The highest BCUT2D eigenvalue weighted by Gasteiger charge is 2.12. The third-order valence-corrected chi connectivity index (χ3v) is 4.14. The summed E-state index contributed by atoms with van der Waals surface area (Å²) < 4.78 is 0. The van der Waals surface area contributed by atoms with Crippen molar-refractivity contribution in [1.29, 1.82) is 0 Å². The number of hydrogen-bond acceptors (Lipinski definition) is 2. The standard InChI is InChI=1S/C17H18ClNO/c18-14-8-9-17(20)13(10-14)11-19-16-7-3-5-12-4-1-2-6-15(12)16/h3,5,7-10,19-20H,1-2,4,6,11H2. The number of anilines is 1. The normalized spacial score (nSPS) is 13.8. The molecule has 0 radical (unpaired) electrons. The molecule has 0 saturated carbocycles. The maximum atomic E-state index is 9.85. The SMILES string of the molecule is Oc1ccc(Cl)cc1CNc1cccc2c1CCCC2. The average Bonchev–Trinajstić information content (AvgIpc) is 2.48. The van der Waals surface area contributed by atoms with Crippen LogP contribution in [0.5, 0.6) is 5.75 Å². The Balaban J connectivity index is 1.80. The lowest BCUT2D eigenvalue weighted by Gasteiger charge is -2.20. The summed E-state index contributed by atoms with van der Waals surface area (Å²) in [6, 6.07) is 11.6. The Bertz CT molecular complexity index is 624. The molecule has 0 amide bonds. The minimum absolute atomic E-state index is 0.284. The molecule has 0 spiro atoms. The van der Waals surface area contributed by atoms with E-state index in [0.717, 1.165) is 12.0 Å². The van der Waals surface area contributed by atoms with E-state index in [1.54, 1.807) is 18.2 Å². The Morgan fingerprint density at radius 1 is 1.10 bits per heavy atom. The predicted octanol–water partition coefficient (Wildman–Crippen LogP) is 4.54. The lowest BCUT2D eigenvalue weighted by molar-refractivity contribution is 0.469. The van der Waals surface area contributed by atoms with Crippen LogP contribution >= 0.6 is 11.6 Å². The van der Waals surface area contributed by atoms with Crippen molar-refractivity contribution in [2.45, 2.75) is 32.2 Å². The first-order valence-electron chi connectivity index (χ1n) is 7.06. The van der Waals surface area contributed by atoms with Crippen molar-refractivity contribution in [1.82, 2.24) is 0 Å². The van der Waals surface area contributed by atoms with E-state index in [1.165, 1.54) is 36.1 Å². The minimum atomic E-state index is 0.284. The van der Waals surface area contributed by atoms with E-state index in [1.807, 2.05) is 0 Å². The Labute approximate surface area is 124 Å². The lowest BCUT2D eigenvalue weighted by Crippen LogP contribution is -2.08. The third-order valence-electron chi connectivity index (χ3n) is 3.91. The monoisotopic (exact) mass is 287 g/mol. The second-order valence-corrected chi connectivity index (χ2v) is 5.71. The van der Waals surface area contributed by atoms with Crippen LogP contribution in [-0.2, 0) is 19.4 Å². The Morgan fingerprint density at radius 2 is 1.95 bits per heavy atom. The smallest absolute Gasteiger partial charge is 0.120 e. The van der Waals surface area contributed by atoms with Crippen LogP contribution in [0.15, 0.2) is 36.4 Å². The third kappa shape index (κ3) is 2.75. The zero-order chi connectivity index (χ0) is 13.9. The second-order valence-electron chi connectivity index (χ2n) is 5.28. The van der Waals surface area contributed by atoms with Gasteiger partial charge >= 0.3 is 0 Å². The summed E-state index contributed by atoms with van der Waals surface area (Å²) in [6.07, 6.45) is 4.85. The number of phenolic OH excluding ortho intramolecular Hbond substituents is 1. The second kappa shape index (κ2) is 5.76. The lowest BCUT2D eigenvalue weighted by atomic mass is 9.90. The zero-order valence-electron chi connectivity index (χ0n) is 11.3. The van der Waals surface area contributed by atoms with Gasteiger partial charge in [-0.15, -0.1) is 0 Å². The van der Waals surface area contributed by atoms with Gasteiger partial charge in [0, 0.05) is 22.8 Å². The Morgan fingerprint density at radius 3 is 2.85 bits per heavy atom. The molecule has 1 aliphatic rings. The number of rotatable bonds is 3. The van der Waals surface area contributed by atoms with Gasteiger partial charge in [-0.3, -0.25) is 0 Å². The molecule has 0 fully saturated rings. The van der Waals surface area contributed by atoms with Gasteiger partial charge in [-0.05, 0) is 61.1 Å². The summed E-state index contributed by atoms with van der Waals surface area (Å²) >= 11 is 5.98. The number of aromatic hydroxyl groups is 1. The number of hydrogen-bond donors (Lipinski definition) is 2. The van der Waals surface area contributed by atoms with Gasteiger partial charge in [0.2, 0.25) is 0 Å². The largest absolute Gasteiger partial charge is 0.508 e. The topological polar surface area (TPSA) is 32.3 Å². The van der Waals surface area contributed by atoms with Crippen molar-refractivity contribution in [2.75, 3.05) is 5.32 Å². The maximum Gasteiger partial charge on any atom is 0.120 e. The van der Waals surface area contributed by atoms with Crippen molar-refractivity contribution in [3.05, 3.63) is 58.1 Å². The van der Waals surface area contributed by atoms with Crippen LogP contribution in [0.2, 0.25) is 5.02 Å². The van der Waals surface area contributed by atoms with Crippen LogP contribution in [0.1, 0.15) is 29.5 Å². The minimum Gasteiger partial charge on any atom is -0.508 e. The van der Waals surface area contributed by atoms with Crippen molar-refractivity contribution in [3.63, 3.8) is 0 Å². The van der Waals surface area contributed by atoms with Gasteiger partial charge in [-0.1, -0.05) is 23.7 Å². The fraction of sp³-hybridized carbons (Fsp3) is 0.294. The van der Waals surface area contributed by atoms with E-state index >= 15 is 0 Å². The van der Waals surface area contributed by atoms with Crippen LogP contribution in [-0.4, -0.2) is 5.11 Å². The Hall–Kier alpha value is -1.67. The summed E-state index contributed by atoms with van der Waals surface area (Å²) in [4.78, 5) is 0. The number of phenols is 1. The van der Waals surface area contributed by atoms with Crippen LogP contribution in [0, 0.1) is 0 Å². The fourth-order valence-corrected chi connectivity index (χ4v) is 3.03. The van der Waals surface area contributed by atoms with Crippen LogP contribution in [0.4, 0.5) is 5.69 Å². The number of aryl methyl sites for hydroxylation is 1. The van der Waals surface area contributed by atoms with Crippen LogP contribution in [0.25, 0.3) is 0 Å². The highest BCUT2D eigenvalue weighted by molar-refractivity contribution is 6.30. The van der Waals surface area contributed by atoms with E-state index < -0.39 is 0 Å². The molecule has 0 heterocycles. The number of nitrogens with one attached hydrogen (secondary N) is 1. The number of benzene rings is 2.